The lowest BCUT2D eigenvalue weighted by Gasteiger charge is -2.34. The summed E-state index contributed by atoms with van der Waals surface area (Å²) in [7, 11) is 0. The van der Waals surface area contributed by atoms with Gasteiger partial charge in [0, 0.05) is 23.3 Å². The molecule has 1 saturated carbocycles. The van der Waals surface area contributed by atoms with Crippen LogP contribution in [0.4, 0.5) is 5.69 Å². The third kappa shape index (κ3) is 2.65. The highest BCUT2D eigenvalue weighted by atomic mass is 16.2. The first-order valence-corrected chi connectivity index (χ1v) is 11.7. The first-order chi connectivity index (χ1) is 15.6. The number of imide groups is 1. The molecule has 4 aliphatic rings. The number of rotatable bonds is 3. The molecule has 2 aromatic carbocycles. The number of benzene rings is 2. The van der Waals surface area contributed by atoms with E-state index in [-0.39, 0.29) is 29.8 Å². The topological polar surface area (TPSA) is 78.5 Å². The molecule has 6 rings (SSSR count). The van der Waals surface area contributed by atoms with Crippen LogP contribution >= 0.6 is 0 Å². The number of carbonyl (C=O) groups excluding carboxylic acids is 3. The Hall–Kier alpha value is -2.99. The molecule has 4 unspecified atom stereocenters. The van der Waals surface area contributed by atoms with E-state index in [0.29, 0.717) is 6.42 Å². The lowest BCUT2D eigenvalue weighted by atomic mass is 9.76. The zero-order valence-electron chi connectivity index (χ0n) is 17.9. The number of nitrogens with one attached hydrogen (secondary N) is 2. The fraction of sp³-hybridized carbons (Fsp3) is 0.423. The minimum absolute atomic E-state index is 0.0384. The predicted molar refractivity (Wildman–Crippen MR) is 120 cm³/mol. The maximum Gasteiger partial charge on any atom is 0.250 e. The zero-order chi connectivity index (χ0) is 21.9. The molecule has 3 aliphatic heterocycles. The Labute approximate surface area is 187 Å². The molecule has 0 aromatic heterocycles. The van der Waals surface area contributed by atoms with Crippen LogP contribution in [-0.2, 0) is 26.3 Å². The highest BCUT2D eigenvalue weighted by Gasteiger charge is 2.70. The number of para-hydroxylation sites is 1. The van der Waals surface area contributed by atoms with E-state index in [9.17, 15) is 14.4 Å². The smallest absolute Gasteiger partial charge is 0.250 e. The zero-order valence-corrected chi connectivity index (χ0v) is 17.9. The van der Waals surface area contributed by atoms with E-state index in [1.54, 1.807) is 4.90 Å². The van der Waals surface area contributed by atoms with Crippen LogP contribution < -0.4 is 10.6 Å². The van der Waals surface area contributed by atoms with E-state index in [2.05, 4.69) is 10.6 Å². The molecular weight excluding hydrogens is 402 g/mol. The number of nitrogens with zero attached hydrogens (tertiary/aromatic N) is 1. The predicted octanol–water partition coefficient (Wildman–Crippen LogP) is 2.98. The van der Waals surface area contributed by atoms with Gasteiger partial charge in [-0.3, -0.25) is 24.6 Å². The standard InChI is InChI=1S/C26H27N3O3/c30-23-21-20(15-16-9-3-1-4-10-16)28-26(18-13-7-8-14-19(18)27-25(26)32)22(21)24(31)29(23)17-11-5-2-6-12-17/h1,3-4,7-10,13-14,17,20-22,28H,2,5-6,11-12,15H2,(H,27,32). The molecular formula is C26H27N3O3. The number of carbonyl (C=O) groups is 3. The third-order valence-corrected chi connectivity index (χ3v) is 7.89. The highest BCUT2D eigenvalue weighted by Crippen LogP contribution is 2.54. The van der Waals surface area contributed by atoms with Gasteiger partial charge in [0.1, 0.15) is 5.54 Å². The Balaban J connectivity index is 1.46. The summed E-state index contributed by atoms with van der Waals surface area (Å²) in [5.74, 6) is -1.76. The molecule has 3 fully saturated rings. The number of amides is 3. The Morgan fingerprint density at radius 1 is 0.875 bits per heavy atom. The molecule has 1 aliphatic carbocycles. The lowest BCUT2D eigenvalue weighted by molar-refractivity contribution is -0.146. The molecule has 6 heteroatoms. The van der Waals surface area contributed by atoms with Crippen molar-refractivity contribution in [3.8, 4) is 0 Å². The van der Waals surface area contributed by atoms with Gasteiger partial charge in [0.15, 0.2) is 0 Å². The second kappa shape index (κ2) is 7.27. The van der Waals surface area contributed by atoms with Gasteiger partial charge in [-0.2, -0.15) is 0 Å². The largest absolute Gasteiger partial charge is 0.324 e. The Bertz CT molecular complexity index is 1090. The van der Waals surface area contributed by atoms with Crippen LogP contribution in [0.15, 0.2) is 54.6 Å². The summed E-state index contributed by atoms with van der Waals surface area (Å²) in [6.45, 7) is 0. The molecule has 2 saturated heterocycles. The van der Waals surface area contributed by atoms with Crippen molar-refractivity contribution in [2.75, 3.05) is 5.32 Å². The van der Waals surface area contributed by atoms with Crippen LogP contribution in [-0.4, -0.2) is 34.7 Å². The fourth-order valence-corrected chi connectivity index (χ4v) is 6.52. The van der Waals surface area contributed by atoms with Gasteiger partial charge < -0.3 is 5.32 Å². The van der Waals surface area contributed by atoms with Crippen molar-refractivity contribution in [2.45, 2.75) is 56.1 Å². The molecule has 6 nitrogen and oxygen atoms in total. The summed E-state index contributed by atoms with van der Waals surface area (Å²) in [5, 5.41) is 6.50. The van der Waals surface area contributed by atoms with Crippen molar-refractivity contribution in [3.63, 3.8) is 0 Å². The van der Waals surface area contributed by atoms with E-state index in [1.165, 1.54) is 0 Å². The SMILES string of the molecule is O=C1C2C(Cc3ccccc3)NC3(C(=O)Nc4ccccc43)C2C(=O)N1C1CCCCC1. The van der Waals surface area contributed by atoms with E-state index in [1.807, 2.05) is 54.6 Å². The van der Waals surface area contributed by atoms with Crippen LogP contribution in [0.1, 0.15) is 43.2 Å². The van der Waals surface area contributed by atoms with Gasteiger partial charge >= 0.3 is 0 Å². The normalized spacial score (nSPS) is 31.8. The van der Waals surface area contributed by atoms with Gasteiger partial charge in [-0.1, -0.05) is 67.8 Å². The van der Waals surface area contributed by atoms with Crippen LogP contribution in [0.2, 0.25) is 0 Å². The van der Waals surface area contributed by atoms with E-state index in [4.69, 9.17) is 0 Å². The number of hydrogen-bond donors (Lipinski definition) is 2. The average Bonchev–Trinajstić information content (AvgIpc) is 3.39. The molecule has 3 amide bonds. The number of likely N-dealkylation sites (tertiary alicyclic amines) is 1. The molecule has 4 atom stereocenters. The van der Waals surface area contributed by atoms with Gasteiger partial charge in [-0.05, 0) is 30.9 Å². The molecule has 2 aromatic rings. The molecule has 0 radical (unpaired) electrons. The van der Waals surface area contributed by atoms with Crippen molar-refractivity contribution >= 4 is 23.4 Å². The fourth-order valence-electron chi connectivity index (χ4n) is 6.52. The lowest BCUT2D eigenvalue weighted by Crippen LogP contribution is -2.54. The molecule has 3 heterocycles. The van der Waals surface area contributed by atoms with Crippen LogP contribution in [0.25, 0.3) is 0 Å². The maximum atomic E-state index is 13.9. The molecule has 164 valence electrons. The van der Waals surface area contributed by atoms with Crippen molar-refractivity contribution in [2.24, 2.45) is 11.8 Å². The highest BCUT2D eigenvalue weighted by molar-refractivity contribution is 6.15. The van der Waals surface area contributed by atoms with Gasteiger partial charge in [0.25, 0.3) is 0 Å². The van der Waals surface area contributed by atoms with Crippen molar-refractivity contribution in [1.29, 1.82) is 0 Å². The summed E-state index contributed by atoms with van der Waals surface area (Å²) < 4.78 is 0. The van der Waals surface area contributed by atoms with E-state index >= 15 is 0 Å². The van der Waals surface area contributed by atoms with Gasteiger partial charge in [0.2, 0.25) is 17.7 Å². The van der Waals surface area contributed by atoms with Crippen molar-refractivity contribution in [1.82, 2.24) is 10.2 Å². The van der Waals surface area contributed by atoms with Crippen LogP contribution in [0.3, 0.4) is 0 Å². The summed E-state index contributed by atoms with van der Waals surface area (Å²) >= 11 is 0. The quantitative estimate of drug-likeness (QED) is 0.736. The van der Waals surface area contributed by atoms with E-state index < -0.39 is 17.4 Å². The van der Waals surface area contributed by atoms with Crippen molar-refractivity contribution < 1.29 is 14.4 Å². The summed E-state index contributed by atoms with van der Waals surface area (Å²) in [5.41, 5.74) is 1.39. The number of fused-ring (bicyclic) bond motifs is 4. The minimum Gasteiger partial charge on any atom is -0.324 e. The third-order valence-electron chi connectivity index (χ3n) is 7.89. The first-order valence-electron chi connectivity index (χ1n) is 11.7. The first kappa shape index (κ1) is 19.7. The molecule has 32 heavy (non-hydrogen) atoms. The molecule has 0 bridgehead atoms. The Morgan fingerprint density at radius 3 is 2.38 bits per heavy atom. The van der Waals surface area contributed by atoms with Crippen molar-refractivity contribution in [3.05, 3.63) is 65.7 Å². The van der Waals surface area contributed by atoms with Gasteiger partial charge in [-0.25, -0.2) is 0 Å². The molecule has 2 N–H and O–H groups in total. The average molecular weight is 430 g/mol. The monoisotopic (exact) mass is 429 g/mol. The Kier molecular flexibility index (Phi) is 4.47. The second-order valence-electron chi connectivity index (χ2n) is 9.59. The number of hydrogen-bond acceptors (Lipinski definition) is 4. The maximum absolute atomic E-state index is 13.9. The summed E-state index contributed by atoms with van der Waals surface area (Å²) in [6, 6.07) is 17.2. The van der Waals surface area contributed by atoms with E-state index in [0.717, 1.165) is 48.9 Å². The van der Waals surface area contributed by atoms with Crippen LogP contribution in [0, 0.1) is 11.8 Å². The summed E-state index contributed by atoms with van der Waals surface area (Å²) in [6.07, 6.45) is 5.55. The number of anilines is 1. The van der Waals surface area contributed by atoms with Crippen LogP contribution in [0.5, 0.6) is 0 Å². The Morgan fingerprint density at radius 2 is 1.59 bits per heavy atom. The molecule has 1 spiro atoms. The summed E-state index contributed by atoms with van der Waals surface area (Å²) in [4.78, 5) is 42.7. The minimum atomic E-state index is -1.20. The second-order valence-corrected chi connectivity index (χ2v) is 9.59. The van der Waals surface area contributed by atoms with Gasteiger partial charge in [-0.15, -0.1) is 0 Å². The van der Waals surface area contributed by atoms with Gasteiger partial charge in [0.05, 0.1) is 11.8 Å².